The maximum Gasteiger partial charge on any atom is 0.305 e. The third-order valence-corrected chi connectivity index (χ3v) is 4.98. The zero-order valence-electron chi connectivity index (χ0n) is 16.4. The monoisotopic (exact) mass is 393 g/mol. The Bertz CT molecular complexity index is 745. The molecular weight excluding hydrogens is 366 g/mol. The molecule has 1 fully saturated rings. The maximum absolute atomic E-state index is 12.6. The van der Waals surface area contributed by atoms with Crippen LogP contribution in [0.25, 0.3) is 0 Å². The van der Waals surface area contributed by atoms with Crippen LogP contribution in [0.3, 0.4) is 0 Å². The lowest BCUT2D eigenvalue weighted by molar-refractivity contribution is -0.384. The van der Waals surface area contributed by atoms with E-state index in [2.05, 4.69) is 12.2 Å². The molecule has 0 aliphatic carbocycles. The molecule has 0 radical (unpaired) electrons. The van der Waals surface area contributed by atoms with E-state index in [9.17, 15) is 19.7 Å². The predicted molar refractivity (Wildman–Crippen MR) is 104 cm³/mol. The quantitative estimate of drug-likeness (QED) is 0.514. The number of hydrogen-bond acceptors (Lipinski definition) is 6. The first-order valence-electron chi connectivity index (χ1n) is 9.22. The number of aliphatic carboxylic acids is 1. The number of piperidine rings is 1. The summed E-state index contributed by atoms with van der Waals surface area (Å²) in [5.74, 6) is -1.07. The van der Waals surface area contributed by atoms with Gasteiger partial charge in [0, 0.05) is 31.8 Å². The number of amides is 1. The van der Waals surface area contributed by atoms with Gasteiger partial charge < -0.3 is 20.1 Å². The number of nitrogens with zero attached hydrogens (tertiary/aromatic N) is 2. The highest BCUT2D eigenvalue weighted by Crippen LogP contribution is 2.32. The summed E-state index contributed by atoms with van der Waals surface area (Å²) >= 11 is 0. The van der Waals surface area contributed by atoms with Crippen LogP contribution in [0.1, 0.15) is 43.5 Å². The Morgan fingerprint density at radius 3 is 2.57 bits per heavy atom. The molecule has 1 atom stereocenters. The standard InChI is InChI=1S/C19H27N3O6/c1-13-6-8-21(9-7-13)15-5-4-14(10-16(15)22(26)27)18(25)20-19(2,12-28-3)11-17(23)24/h4-5,10,13H,6-9,11-12H2,1-3H3,(H,20,25)(H,23,24). The molecule has 9 heteroatoms. The van der Waals surface area contributed by atoms with Crippen molar-refractivity contribution < 1.29 is 24.4 Å². The highest BCUT2D eigenvalue weighted by Gasteiger charge is 2.31. The first-order chi connectivity index (χ1) is 13.1. The molecule has 0 bridgehead atoms. The van der Waals surface area contributed by atoms with Crippen LogP contribution in [0, 0.1) is 16.0 Å². The van der Waals surface area contributed by atoms with Crippen LogP contribution in [-0.4, -0.2) is 54.3 Å². The minimum absolute atomic E-state index is 0.00280. The third-order valence-electron chi connectivity index (χ3n) is 4.98. The lowest BCUT2D eigenvalue weighted by Gasteiger charge is -2.32. The van der Waals surface area contributed by atoms with E-state index in [1.54, 1.807) is 13.0 Å². The number of nitrogens with one attached hydrogen (secondary N) is 1. The van der Waals surface area contributed by atoms with Crippen molar-refractivity contribution in [3.8, 4) is 0 Å². The van der Waals surface area contributed by atoms with Gasteiger partial charge >= 0.3 is 5.97 Å². The highest BCUT2D eigenvalue weighted by molar-refractivity contribution is 5.96. The van der Waals surface area contributed by atoms with E-state index in [0.717, 1.165) is 25.9 Å². The van der Waals surface area contributed by atoms with Gasteiger partial charge in [-0.2, -0.15) is 0 Å². The van der Waals surface area contributed by atoms with Gasteiger partial charge in [0.15, 0.2) is 0 Å². The van der Waals surface area contributed by atoms with E-state index >= 15 is 0 Å². The van der Waals surface area contributed by atoms with Crippen molar-refractivity contribution in [2.45, 2.75) is 38.6 Å². The van der Waals surface area contributed by atoms with Crippen LogP contribution >= 0.6 is 0 Å². The molecule has 0 spiro atoms. The minimum atomic E-state index is -1.13. The number of anilines is 1. The SMILES string of the molecule is COCC(C)(CC(=O)O)NC(=O)c1ccc(N2CCC(C)CC2)c([N+](=O)[O-])c1. The number of carbonyl (C=O) groups is 2. The first kappa shape index (κ1) is 21.6. The van der Waals surface area contributed by atoms with Crippen molar-refractivity contribution in [1.82, 2.24) is 5.32 Å². The lowest BCUT2D eigenvalue weighted by Crippen LogP contribution is -2.50. The van der Waals surface area contributed by atoms with Gasteiger partial charge in [-0.3, -0.25) is 19.7 Å². The summed E-state index contributed by atoms with van der Waals surface area (Å²) in [7, 11) is 1.41. The topological polar surface area (TPSA) is 122 Å². The third kappa shape index (κ3) is 5.41. The fourth-order valence-electron chi connectivity index (χ4n) is 3.46. The second-order valence-corrected chi connectivity index (χ2v) is 7.65. The van der Waals surface area contributed by atoms with Crippen LogP contribution in [-0.2, 0) is 9.53 Å². The van der Waals surface area contributed by atoms with E-state index in [-0.39, 0.29) is 24.3 Å². The zero-order valence-corrected chi connectivity index (χ0v) is 16.4. The largest absolute Gasteiger partial charge is 0.481 e. The van der Waals surface area contributed by atoms with Crippen molar-refractivity contribution in [2.75, 3.05) is 31.7 Å². The fourth-order valence-corrected chi connectivity index (χ4v) is 3.46. The van der Waals surface area contributed by atoms with Gasteiger partial charge in [0.1, 0.15) is 5.69 Å². The van der Waals surface area contributed by atoms with Crippen molar-refractivity contribution in [3.63, 3.8) is 0 Å². The molecule has 1 amide bonds. The molecule has 1 saturated heterocycles. The molecule has 28 heavy (non-hydrogen) atoms. The van der Waals surface area contributed by atoms with Gasteiger partial charge in [0.25, 0.3) is 11.6 Å². The van der Waals surface area contributed by atoms with E-state index in [0.29, 0.717) is 11.6 Å². The number of carboxylic acids is 1. The first-order valence-corrected chi connectivity index (χ1v) is 9.22. The van der Waals surface area contributed by atoms with Gasteiger partial charge in [-0.15, -0.1) is 0 Å². The summed E-state index contributed by atoms with van der Waals surface area (Å²) in [6.45, 7) is 5.18. The molecule has 9 nitrogen and oxygen atoms in total. The number of hydrogen-bond donors (Lipinski definition) is 2. The maximum atomic E-state index is 12.6. The molecule has 0 aromatic heterocycles. The van der Waals surface area contributed by atoms with Crippen LogP contribution < -0.4 is 10.2 Å². The second-order valence-electron chi connectivity index (χ2n) is 7.65. The van der Waals surface area contributed by atoms with Crippen LogP contribution in [0.15, 0.2) is 18.2 Å². The Hall–Kier alpha value is -2.68. The molecular formula is C19H27N3O6. The Labute approximate surface area is 163 Å². The molecule has 2 rings (SSSR count). The molecule has 1 aliphatic rings. The van der Waals surface area contributed by atoms with E-state index in [4.69, 9.17) is 9.84 Å². The molecule has 1 aromatic carbocycles. The van der Waals surface area contributed by atoms with Crippen molar-refractivity contribution in [3.05, 3.63) is 33.9 Å². The van der Waals surface area contributed by atoms with Gasteiger partial charge in [0.2, 0.25) is 0 Å². The second kappa shape index (κ2) is 9.01. The van der Waals surface area contributed by atoms with Gasteiger partial charge in [-0.25, -0.2) is 0 Å². The molecule has 0 saturated carbocycles. The number of benzene rings is 1. The van der Waals surface area contributed by atoms with Crippen molar-refractivity contribution in [2.24, 2.45) is 5.92 Å². The van der Waals surface area contributed by atoms with Crippen LogP contribution in [0.4, 0.5) is 11.4 Å². The fraction of sp³-hybridized carbons (Fsp3) is 0.579. The van der Waals surface area contributed by atoms with Gasteiger partial charge in [-0.05, 0) is 37.8 Å². The van der Waals surface area contributed by atoms with Crippen LogP contribution in [0.2, 0.25) is 0 Å². The number of carboxylic acid groups (broad SMARTS) is 1. The Morgan fingerprint density at radius 2 is 2.04 bits per heavy atom. The number of methoxy groups -OCH3 is 1. The van der Waals surface area contributed by atoms with Crippen LogP contribution in [0.5, 0.6) is 0 Å². The Kier molecular flexibility index (Phi) is 6.95. The highest BCUT2D eigenvalue weighted by atomic mass is 16.6. The van der Waals surface area contributed by atoms with E-state index in [1.807, 2.05) is 4.90 Å². The number of ether oxygens (including phenoxy) is 1. The van der Waals surface area contributed by atoms with Crippen molar-refractivity contribution >= 4 is 23.3 Å². The van der Waals surface area contributed by atoms with E-state index < -0.39 is 22.3 Å². The number of rotatable bonds is 8. The summed E-state index contributed by atoms with van der Waals surface area (Å²) in [5, 5.41) is 23.3. The predicted octanol–water partition coefficient (Wildman–Crippen LogP) is 2.44. The number of carbonyl (C=O) groups excluding carboxylic acids is 1. The smallest absolute Gasteiger partial charge is 0.305 e. The molecule has 1 heterocycles. The van der Waals surface area contributed by atoms with Gasteiger partial charge in [-0.1, -0.05) is 6.92 Å². The zero-order chi connectivity index (χ0) is 20.9. The van der Waals surface area contributed by atoms with Crippen molar-refractivity contribution in [1.29, 1.82) is 0 Å². The summed E-state index contributed by atoms with van der Waals surface area (Å²) in [6.07, 6.45) is 1.59. The molecule has 1 aliphatic heterocycles. The Balaban J connectivity index is 2.25. The summed E-state index contributed by atoms with van der Waals surface area (Å²) in [5.41, 5.74) is -0.658. The number of nitro benzene ring substituents is 1. The minimum Gasteiger partial charge on any atom is -0.481 e. The van der Waals surface area contributed by atoms with E-state index in [1.165, 1.54) is 19.2 Å². The van der Waals surface area contributed by atoms with Gasteiger partial charge in [0.05, 0.1) is 23.5 Å². The summed E-state index contributed by atoms with van der Waals surface area (Å²) in [6, 6.07) is 4.37. The number of nitro groups is 1. The molecule has 2 N–H and O–H groups in total. The summed E-state index contributed by atoms with van der Waals surface area (Å²) < 4.78 is 5.02. The Morgan fingerprint density at radius 1 is 1.39 bits per heavy atom. The summed E-state index contributed by atoms with van der Waals surface area (Å²) in [4.78, 5) is 36.8. The normalized spacial score (nSPS) is 17.0. The molecule has 1 aromatic rings. The average Bonchev–Trinajstić information content (AvgIpc) is 2.61. The molecule has 1 unspecified atom stereocenters. The molecule has 154 valence electrons. The average molecular weight is 393 g/mol. The lowest BCUT2D eigenvalue weighted by atomic mass is 9.97.